The van der Waals surface area contributed by atoms with Gasteiger partial charge in [0.2, 0.25) is 0 Å². The van der Waals surface area contributed by atoms with Crippen molar-refractivity contribution < 1.29 is 4.42 Å². The summed E-state index contributed by atoms with van der Waals surface area (Å²) < 4.78 is 9.37. The molecule has 2 aromatic heterocycles. The first-order valence-corrected chi connectivity index (χ1v) is 16.7. The molecule has 0 N–H and O–H groups in total. The summed E-state index contributed by atoms with van der Waals surface area (Å²) in [5.74, 6) is 0. The van der Waals surface area contributed by atoms with Gasteiger partial charge in [-0.05, 0) is 82.9 Å². The Labute approximate surface area is 278 Å². The van der Waals surface area contributed by atoms with Crippen LogP contribution in [0.25, 0.3) is 66.0 Å². The monoisotopic (exact) mass is 612 g/mol. The van der Waals surface area contributed by atoms with Crippen LogP contribution in [0.4, 0.5) is 17.1 Å². The van der Waals surface area contributed by atoms with Crippen LogP contribution in [0, 0.1) is 13.8 Å². The molecule has 48 heavy (non-hydrogen) atoms. The summed E-state index contributed by atoms with van der Waals surface area (Å²) >= 11 is 0. The number of nitrogens with zero attached hydrogens (tertiary/aromatic N) is 2. The van der Waals surface area contributed by atoms with Gasteiger partial charge in [0.15, 0.2) is 0 Å². The molecule has 7 aromatic carbocycles. The van der Waals surface area contributed by atoms with Crippen molar-refractivity contribution in [3.05, 3.63) is 151 Å². The maximum absolute atomic E-state index is 6.74. The predicted molar refractivity (Wildman–Crippen MR) is 202 cm³/mol. The summed E-state index contributed by atoms with van der Waals surface area (Å²) in [7, 11) is 0. The molecular formula is C44H29BN2O. The number of rotatable bonds is 2. The third-order valence-corrected chi connectivity index (χ3v) is 10.6. The third-order valence-electron chi connectivity index (χ3n) is 10.6. The van der Waals surface area contributed by atoms with Crippen molar-refractivity contribution >= 4 is 78.6 Å². The average Bonchev–Trinajstić information content (AvgIpc) is 3.65. The Hall–Kier alpha value is -6.00. The Morgan fingerprint density at radius 2 is 1.31 bits per heavy atom. The first kappa shape index (κ1) is 26.1. The van der Waals surface area contributed by atoms with Gasteiger partial charge in [-0.15, -0.1) is 0 Å². The van der Waals surface area contributed by atoms with Gasteiger partial charge in [0, 0.05) is 61.3 Å². The maximum atomic E-state index is 6.74. The number of hydrogen-bond donors (Lipinski definition) is 0. The number of aromatic nitrogens is 1. The summed E-state index contributed by atoms with van der Waals surface area (Å²) in [6.07, 6.45) is 0. The van der Waals surface area contributed by atoms with E-state index in [0.717, 1.165) is 22.2 Å². The van der Waals surface area contributed by atoms with Crippen molar-refractivity contribution in [2.24, 2.45) is 0 Å². The molecule has 0 amide bonds. The van der Waals surface area contributed by atoms with Gasteiger partial charge in [-0.3, -0.25) is 0 Å². The minimum absolute atomic E-state index is 0.0210. The van der Waals surface area contributed by atoms with Crippen molar-refractivity contribution in [3.63, 3.8) is 0 Å². The van der Waals surface area contributed by atoms with Crippen LogP contribution in [-0.2, 0) is 0 Å². The van der Waals surface area contributed by atoms with Gasteiger partial charge in [-0.1, -0.05) is 103 Å². The lowest BCUT2D eigenvalue weighted by molar-refractivity contribution is 0.669. The quantitative estimate of drug-likeness (QED) is 0.181. The predicted octanol–water partition coefficient (Wildman–Crippen LogP) is 10.4. The number of furan rings is 1. The molecule has 224 valence electrons. The highest BCUT2D eigenvalue weighted by Crippen LogP contribution is 2.49. The van der Waals surface area contributed by atoms with Gasteiger partial charge in [0.1, 0.15) is 11.2 Å². The van der Waals surface area contributed by atoms with Crippen molar-refractivity contribution in [3.8, 4) is 22.3 Å². The van der Waals surface area contributed by atoms with Gasteiger partial charge in [0.25, 0.3) is 0 Å². The molecule has 0 unspecified atom stereocenters. The Morgan fingerprint density at radius 1 is 0.562 bits per heavy atom. The number of hydrogen-bond acceptors (Lipinski definition) is 2. The average molecular weight is 613 g/mol. The van der Waals surface area contributed by atoms with E-state index in [4.69, 9.17) is 4.42 Å². The van der Waals surface area contributed by atoms with E-state index in [1.807, 2.05) is 0 Å². The van der Waals surface area contributed by atoms with Crippen LogP contribution in [0.2, 0.25) is 0 Å². The molecule has 2 aliphatic rings. The van der Waals surface area contributed by atoms with Crippen LogP contribution in [-0.4, -0.2) is 11.3 Å². The molecule has 0 bridgehead atoms. The molecule has 9 aromatic rings. The zero-order chi connectivity index (χ0) is 31.7. The Bertz CT molecular complexity index is 2800. The fourth-order valence-electron chi connectivity index (χ4n) is 8.84. The van der Waals surface area contributed by atoms with E-state index in [0.29, 0.717) is 0 Å². The molecule has 0 saturated heterocycles. The number of anilines is 3. The van der Waals surface area contributed by atoms with Gasteiger partial charge >= 0.3 is 6.85 Å². The van der Waals surface area contributed by atoms with Crippen molar-refractivity contribution in [2.45, 2.75) is 13.8 Å². The molecule has 0 radical (unpaired) electrons. The lowest BCUT2D eigenvalue weighted by Gasteiger charge is -2.41. The highest BCUT2D eigenvalue weighted by Gasteiger charge is 2.44. The highest BCUT2D eigenvalue weighted by molar-refractivity contribution is 6.90. The van der Waals surface area contributed by atoms with Crippen LogP contribution in [0.1, 0.15) is 11.1 Å². The summed E-state index contributed by atoms with van der Waals surface area (Å²) in [4.78, 5) is 2.50. The number of fused-ring (bicyclic) bond motifs is 11. The van der Waals surface area contributed by atoms with Crippen molar-refractivity contribution in [1.29, 1.82) is 0 Å². The fraction of sp³-hybridized carbons (Fsp3) is 0.0455. The van der Waals surface area contributed by atoms with E-state index in [2.05, 4.69) is 163 Å². The Morgan fingerprint density at radius 3 is 2.17 bits per heavy atom. The summed E-state index contributed by atoms with van der Waals surface area (Å²) in [5.41, 5.74) is 18.0. The smallest absolute Gasteiger partial charge is 0.333 e. The van der Waals surface area contributed by atoms with Gasteiger partial charge < -0.3 is 13.8 Å². The molecule has 2 aliphatic heterocycles. The second-order valence-electron chi connectivity index (χ2n) is 13.5. The van der Waals surface area contributed by atoms with Crippen molar-refractivity contribution in [2.75, 3.05) is 4.90 Å². The first-order chi connectivity index (χ1) is 23.6. The van der Waals surface area contributed by atoms with Crippen molar-refractivity contribution in [1.82, 2.24) is 4.48 Å². The minimum atomic E-state index is -0.0210. The minimum Gasteiger partial charge on any atom is -0.456 e. The van der Waals surface area contributed by atoms with Gasteiger partial charge in [0.05, 0.1) is 0 Å². The normalized spacial score (nSPS) is 13.1. The number of para-hydroxylation sites is 3. The molecular weight excluding hydrogens is 583 g/mol. The summed E-state index contributed by atoms with van der Waals surface area (Å²) in [6.45, 7) is 4.37. The largest absolute Gasteiger partial charge is 0.456 e. The molecule has 4 heterocycles. The third kappa shape index (κ3) is 3.34. The molecule has 0 atom stereocenters. The van der Waals surface area contributed by atoms with E-state index in [1.54, 1.807) is 0 Å². The fourth-order valence-corrected chi connectivity index (χ4v) is 8.84. The summed E-state index contributed by atoms with van der Waals surface area (Å²) in [5, 5.41) is 4.94. The molecule has 0 saturated carbocycles. The first-order valence-electron chi connectivity index (χ1n) is 16.7. The second-order valence-corrected chi connectivity index (χ2v) is 13.5. The van der Waals surface area contributed by atoms with E-state index in [1.165, 1.54) is 82.9 Å². The molecule has 0 aliphatic carbocycles. The Balaban J connectivity index is 1.37. The SMILES string of the molecule is Cc1cc(C)cc(N2c3cc(-c4ccccc4)ccc3B3c4c2cc2oc5ccccc5c2c4-c2cccc4c5ccccc5n3c24)c1. The molecule has 0 fully saturated rings. The number of aryl methyl sites for hydroxylation is 2. The van der Waals surface area contributed by atoms with E-state index in [-0.39, 0.29) is 6.85 Å². The van der Waals surface area contributed by atoms with Gasteiger partial charge in [-0.2, -0.15) is 0 Å². The number of benzene rings is 7. The maximum Gasteiger partial charge on any atom is 0.333 e. The zero-order valence-corrected chi connectivity index (χ0v) is 26.7. The summed E-state index contributed by atoms with van der Waals surface area (Å²) in [6, 6.07) is 51.3. The van der Waals surface area contributed by atoms with Crippen LogP contribution >= 0.6 is 0 Å². The van der Waals surface area contributed by atoms with E-state index < -0.39 is 0 Å². The zero-order valence-electron chi connectivity index (χ0n) is 26.7. The van der Waals surface area contributed by atoms with E-state index in [9.17, 15) is 0 Å². The molecule has 11 rings (SSSR count). The highest BCUT2D eigenvalue weighted by atomic mass is 16.3. The van der Waals surface area contributed by atoms with Crippen LogP contribution in [0.15, 0.2) is 144 Å². The van der Waals surface area contributed by atoms with Crippen LogP contribution < -0.4 is 15.8 Å². The molecule has 4 heteroatoms. The standard InChI is InChI=1S/C44H29BN2O/c1-26-21-27(2)23-30(22-26)46-37-24-29(28-11-4-3-5-12-28)19-20-35(37)45-43-38(46)25-40-41(33-14-7-9-18-39(33)48-40)42(43)34-16-10-15-32-31-13-6-8-17-36(31)47(45)44(32)34/h3-25H,1-2H3. The lowest BCUT2D eigenvalue weighted by Crippen LogP contribution is -2.56. The lowest BCUT2D eigenvalue weighted by atomic mass is 9.44. The van der Waals surface area contributed by atoms with Gasteiger partial charge in [-0.25, -0.2) is 0 Å². The van der Waals surface area contributed by atoms with Crippen LogP contribution in [0.5, 0.6) is 0 Å². The molecule has 0 spiro atoms. The Kier molecular flexibility index (Phi) is 5.06. The van der Waals surface area contributed by atoms with E-state index >= 15 is 0 Å². The second kappa shape index (κ2) is 9.30. The van der Waals surface area contributed by atoms with Crippen LogP contribution in [0.3, 0.4) is 0 Å². The molecule has 3 nitrogen and oxygen atoms in total. The topological polar surface area (TPSA) is 21.3 Å².